The minimum absolute atomic E-state index is 0.194. The van der Waals surface area contributed by atoms with Crippen LogP contribution in [0.5, 0.6) is 5.75 Å². The van der Waals surface area contributed by atoms with Crippen molar-refractivity contribution < 1.29 is 4.74 Å². The second-order valence-electron chi connectivity index (χ2n) is 5.87. The van der Waals surface area contributed by atoms with Crippen LogP contribution < -0.4 is 10.1 Å². The molecule has 0 aromatic heterocycles. The van der Waals surface area contributed by atoms with Gasteiger partial charge < -0.3 is 10.1 Å². The summed E-state index contributed by atoms with van der Waals surface area (Å²) < 4.78 is 6.13. The molecule has 0 fully saturated rings. The molecule has 0 aliphatic carbocycles. The van der Waals surface area contributed by atoms with Crippen molar-refractivity contribution in [3.05, 3.63) is 29.8 Å². The molecule has 0 heterocycles. The van der Waals surface area contributed by atoms with E-state index in [0.29, 0.717) is 12.0 Å². The Morgan fingerprint density at radius 3 is 2.45 bits per heavy atom. The second-order valence-corrected chi connectivity index (χ2v) is 5.87. The number of ether oxygens (including phenoxy) is 1. The summed E-state index contributed by atoms with van der Waals surface area (Å²) in [5.74, 6) is 1.59. The zero-order valence-corrected chi connectivity index (χ0v) is 13.8. The molecule has 1 aromatic carbocycles. The summed E-state index contributed by atoms with van der Waals surface area (Å²) in [6.45, 7) is 12.0. The van der Waals surface area contributed by atoms with Gasteiger partial charge >= 0.3 is 0 Å². The van der Waals surface area contributed by atoms with Gasteiger partial charge in [0.1, 0.15) is 11.9 Å². The Hall–Kier alpha value is -1.02. The van der Waals surface area contributed by atoms with Crippen LogP contribution in [0.1, 0.15) is 65.4 Å². The molecular formula is C18H31NO. The summed E-state index contributed by atoms with van der Waals surface area (Å²) in [5, 5.41) is 3.54. The Morgan fingerprint density at radius 2 is 1.80 bits per heavy atom. The molecule has 2 heteroatoms. The molecular weight excluding hydrogens is 246 g/mol. The molecule has 2 nitrogen and oxygen atoms in total. The van der Waals surface area contributed by atoms with E-state index >= 15 is 0 Å². The maximum Gasteiger partial charge on any atom is 0.123 e. The lowest BCUT2D eigenvalue weighted by atomic mass is 9.98. The maximum absolute atomic E-state index is 6.13. The molecule has 0 amide bonds. The van der Waals surface area contributed by atoms with Gasteiger partial charge in [-0.25, -0.2) is 0 Å². The van der Waals surface area contributed by atoms with Gasteiger partial charge in [-0.1, -0.05) is 45.4 Å². The highest BCUT2D eigenvalue weighted by Gasteiger charge is 2.12. The zero-order chi connectivity index (χ0) is 15.0. The molecule has 0 aliphatic heterocycles. The van der Waals surface area contributed by atoms with Crippen molar-refractivity contribution in [3.8, 4) is 5.75 Å². The molecule has 0 spiro atoms. The van der Waals surface area contributed by atoms with Crippen LogP contribution in [0, 0.1) is 0 Å². The van der Waals surface area contributed by atoms with Gasteiger partial charge in [-0.2, -0.15) is 0 Å². The Bertz CT molecular complexity index is 377. The SMILES string of the molecule is CCCC(C)NCC(C)Oc1ccccc1C(C)CC. The third-order valence-corrected chi connectivity index (χ3v) is 3.87. The molecule has 114 valence electrons. The fraction of sp³-hybridized carbons (Fsp3) is 0.667. The van der Waals surface area contributed by atoms with E-state index in [-0.39, 0.29) is 6.10 Å². The summed E-state index contributed by atoms with van der Waals surface area (Å²) in [5.41, 5.74) is 1.32. The highest BCUT2D eigenvalue weighted by molar-refractivity contribution is 5.36. The van der Waals surface area contributed by atoms with Crippen LogP contribution in [0.3, 0.4) is 0 Å². The first kappa shape index (κ1) is 17.0. The first-order valence-corrected chi connectivity index (χ1v) is 8.07. The topological polar surface area (TPSA) is 21.3 Å². The van der Waals surface area contributed by atoms with Gasteiger partial charge in [0.15, 0.2) is 0 Å². The molecule has 3 atom stereocenters. The normalized spacial score (nSPS) is 15.7. The first-order chi connectivity index (χ1) is 9.58. The van der Waals surface area contributed by atoms with Gasteiger partial charge in [-0.3, -0.25) is 0 Å². The van der Waals surface area contributed by atoms with E-state index in [4.69, 9.17) is 4.74 Å². The smallest absolute Gasteiger partial charge is 0.123 e. The van der Waals surface area contributed by atoms with Crippen molar-refractivity contribution >= 4 is 0 Å². The Morgan fingerprint density at radius 1 is 1.10 bits per heavy atom. The summed E-state index contributed by atoms with van der Waals surface area (Å²) in [6.07, 6.45) is 3.77. The number of nitrogens with one attached hydrogen (secondary N) is 1. The van der Waals surface area contributed by atoms with Crippen LogP contribution >= 0.6 is 0 Å². The highest BCUT2D eigenvalue weighted by Crippen LogP contribution is 2.28. The summed E-state index contributed by atoms with van der Waals surface area (Å²) in [4.78, 5) is 0. The molecule has 0 bridgehead atoms. The maximum atomic E-state index is 6.13. The lowest BCUT2D eigenvalue weighted by Gasteiger charge is -2.22. The number of para-hydroxylation sites is 1. The van der Waals surface area contributed by atoms with E-state index in [0.717, 1.165) is 18.7 Å². The molecule has 1 N–H and O–H groups in total. The van der Waals surface area contributed by atoms with Crippen molar-refractivity contribution in [1.82, 2.24) is 5.32 Å². The fourth-order valence-corrected chi connectivity index (χ4v) is 2.38. The van der Waals surface area contributed by atoms with Crippen LogP contribution in [-0.4, -0.2) is 18.7 Å². The minimum atomic E-state index is 0.194. The van der Waals surface area contributed by atoms with Gasteiger partial charge in [0, 0.05) is 12.6 Å². The Kier molecular flexibility index (Phi) is 7.68. The lowest BCUT2D eigenvalue weighted by Crippen LogP contribution is -2.35. The molecule has 0 radical (unpaired) electrons. The van der Waals surface area contributed by atoms with E-state index in [1.807, 2.05) is 0 Å². The van der Waals surface area contributed by atoms with Crippen LogP contribution in [0.2, 0.25) is 0 Å². The van der Waals surface area contributed by atoms with E-state index < -0.39 is 0 Å². The molecule has 0 saturated carbocycles. The van der Waals surface area contributed by atoms with Crippen molar-refractivity contribution in [2.75, 3.05) is 6.54 Å². The molecule has 1 rings (SSSR count). The van der Waals surface area contributed by atoms with E-state index in [1.54, 1.807) is 0 Å². The van der Waals surface area contributed by atoms with Crippen molar-refractivity contribution in [1.29, 1.82) is 0 Å². The van der Waals surface area contributed by atoms with Gasteiger partial charge in [0.05, 0.1) is 0 Å². The molecule has 0 saturated heterocycles. The van der Waals surface area contributed by atoms with Gasteiger partial charge in [0.25, 0.3) is 0 Å². The first-order valence-electron chi connectivity index (χ1n) is 8.07. The third-order valence-electron chi connectivity index (χ3n) is 3.87. The second kappa shape index (κ2) is 9.02. The van der Waals surface area contributed by atoms with Crippen molar-refractivity contribution in [2.45, 2.75) is 71.9 Å². The summed E-state index contributed by atoms with van der Waals surface area (Å²) in [7, 11) is 0. The van der Waals surface area contributed by atoms with E-state index in [9.17, 15) is 0 Å². The fourth-order valence-electron chi connectivity index (χ4n) is 2.38. The third kappa shape index (κ3) is 5.54. The highest BCUT2D eigenvalue weighted by atomic mass is 16.5. The number of benzene rings is 1. The van der Waals surface area contributed by atoms with E-state index in [2.05, 4.69) is 64.2 Å². The average Bonchev–Trinajstić information content (AvgIpc) is 2.45. The number of rotatable bonds is 9. The largest absolute Gasteiger partial charge is 0.489 e. The van der Waals surface area contributed by atoms with Gasteiger partial charge in [-0.15, -0.1) is 0 Å². The van der Waals surface area contributed by atoms with E-state index in [1.165, 1.54) is 18.4 Å². The predicted octanol–water partition coefficient (Wildman–Crippen LogP) is 4.75. The molecule has 1 aromatic rings. The summed E-state index contributed by atoms with van der Waals surface area (Å²) >= 11 is 0. The monoisotopic (exact) mass is 277 g/mol. The number of hydrogen-bond acceptors (Lipinski definition) is 2. The molecule has 20 heavy (non-hydrogen) atoms. The number of hydrogen-bond donors (Lipinski definition) is 1. The average molecular weight is 277 g/mol. The zero-order valence-electron chi connectivity index (χ0n) is 13.8. The lowest BCUT2D eigenvalue weighted by molar-refractivity contribution is 0.208. The predicted molar refractivity (Wildman–Crippen MR) is 87.6 cm³/mol. The standard InChI is InChI=1S/C18H31NO/c1-6-10-15(4)19-13-16(5)20-18-12-9-8-11-17(18)14(3)7-2/h8-9,11-12,14-16,19H,6-7,10,13H2,1-5H3. The Balaban J connectivity index is 2.55. The van der Waals surface area contributed by atoms with Crippen LogP contribution in [0.25, 0.3) is 0 Å². The van der Waals surface area contributed by atoms with Crippen LogP contribution in [0.15, 0.2) is 24.3 Å². The quantitative estimate of drug-likeness (QED) is 0.703. The van der Waals surface area contributed by atoms with Crippen molar-refractivity contribution in [3.63, 3.8) is 0 Å². The Labute approximate surface area is 124 Å². The van der Waals surface area contributed by atoms with Gasteiger partial charge in [0.2, 0.25) is 0 Å². The molecule has 3 unspecified atom stereocenters. The van der Waals surface area contributed by atoms with Crippen LogP contribution in [0.4, 0.5) is 0 Å². The van der Waals surface area contributed by atoms with Crippen LogP contribution in [-0.2, 0) is 0 Å². The summed E-state index contributed by atoms with van der Waals surface area (Å²) in [6, 6.07) is 8.99. The van der Waals surface area contributed by atoms with Crippen molar-refractivity contribution in [2.24, 2.45) is 0 Å². The molecule has 0 aliphatic rings. The minimum Gasteiger partial charge on any atom is -0.489 e. The van der Waals surface area contributed by atoms with Gasteiger partial charge in [-0.05, 0) is 44.2 Å².